The molecule has 0 aliphatic heterocycles. The summed E-state index contributed by atoms with van der Waals surface area (Å²) in [5.74, 6) is 0. The fraction of sp³-hybridized carbons (Fsp3) is 0.333. The van der Waals surface area contributed by atoms with Crippen LogP contribution >= 0.6 is 11.6 Å². The predicted octanol–water partition coefficient (Wildman–Crippen LogP) is 2.93. The number of halogens is 1. The Hall–Kier alpha value is -0.790. The highest BCUT2D eigenvalue weighted by atomic mass is 35.5. The van der Waals surface area contributed by atoms with Gasteiger partial charge in [-0.2, -0.15) is 0 Å². The molecule has 0 aromatic heterocycles. The fourth-order valence-electron chi connectivity index (χ4n) is 1.83. The zero-order valence-electron chi connectivity index (χ0n) is 8.04. The van der Waals surface area contributed by atoms with Gasteiger partial charge in [-0.15, -0.1) is 0 Å². The molecular formula is C12H14ClN. The number of hydrogen-bond donors (Lipinski definition) is 1. The van der Waals surface area contributed by atoms with Crippen LogP contribution < -0.4 is 5.73 Å². The molecule has 1 aromatic rings. The molecule has 1 aliphatic carbocycles. The van der Waals surface area contributed by atoms with Gasteiger partial charge >= 0.3 is 0 Å². The third-order valence-corrected chi connectivity index (χ3v) is 2.84. The van der Waals surface area contributed by atoms with E-state index in [-0.39, 0.29) is 6.04 Å². The third kappa shape index (κ3) is 2.37. The molecule has 1 nitrogen and oxygen atoms in total. The summed E-state index contributed by atoms with van der Waals surface area (Å²) in [6.07, 6.45) is 5.45. The van der Waals surface area contributed by atoms with Crippen LogP contribution in [0.2, 0.25) is 5.02 Å². The van der Waals surface area contributed by atoms with Crippen LogP contribution in [0.1, 0.15) is 18.4 Å². The second-order valence-electron chi connectivity index (χ2n) is 3.83. The molecule has 0 saturated heterocycles. The van der Waals surface area contributed by atoms with Crippen molar-refractivity contribution >= 4 is 11.6 Å². The van der Waals surface area contributed by atoms with E-state index in [0.717, 1.165) is 24.3 Å². The molecule has 2 heteroatoms. The van der Waals surface area contributed by atoms with E-state index in [1.807, 2.05) is 12.1 Å². The van der Waals surface area contributed by atoms with Gasteiger partial charge in [0.25, 0.3) is 0 Å². The SMILES string of the molecule is NC1C=C(Cc2ccc(Cl)cc2)CC1. The highest BCUT2D eigenvalue weighted by Crippen LogP contribution is 2.21. The van der Waals surface area contributed by atoms with Crippen LogP contribution in [0.4, 0.5) is 0 Å². The smallest absolute Gasteiger partial charge is 0.0406 e. The second kappa shape index (κ2) is 4.16. The quantitative estimate of drug-likeness (QED) is 0.742. The van der Waals surface area contributed by atoms with Crippen molar-refractivity contribution in [3.8, 4) is 0 Å². The maximum atomic E-state index is 5.82. The first kappa shape index (κ1) is 9.75. The van der Waals surface area contributed by atoms with E-state index < -0.39 is 0 Å². The average Bonchev–Trinajstić information content (AvgIpc) is 2.56. The summed E-state index contributed by atoms with van der Waals surface area (Å²) in [6, 6.07) is 8.30. The van der Waals surface area contributed by atoms with Crippen LogP contribution in [0.25, 0.3) is 0 Å². The van der Waals surface area contributed by atoms with Gasteiger partial charge in [-0.3, -0.25) is 0 Å². The van der Waals surface area contributed by atoms with Gasteiger partial charge in [-0.25, -0.2) is 0 Å². The van der Waals surface area contributed by atoms with Crippen LogP contribution in [0.3, 0.4) is 0 Å². The van der Waals surface area contributed by atoms with Crippen molar-refractivity contribution in [2.45, 2.75) is 25.3 Å². The Balaban J connectivity index is 2.04. The van der Waals surface area contributed by atoms with E-state index in [9.17, 15) is 0 Å². The third-order valence-electron chi connectivity index (χ3n) is 2.59. The molecule has 1 aliphatic rings. The van der Waals surface area contributed by atoms with Crippen LogP contribution in [-0.4, -0.2) is 6.04 Å². The van der Waals surface area contributed by atoms with Crippen LogP contribution in [-0.2, 0) is 6.42 Å². The highest BCUT2D eigenvalue weighted by molar-refractivity contribution is 6.30. The summed E-state index contributed by atoms with van der Waals surface area (Å²) < 4.78 is 0. The summed E-state index contributed by atoms with van der Waals surface area (Å²) in [5.41, 5.74) is 8.58. The Kier molecular flexibility index (Phi) is 2.90. The molecule has 1 atom stereocenters. The van der Waals surface area contributed by atoms with Crippen LogP contribution in [0.15, 0.2) is 35.9 Å². The lowest BCUT2D eigenvalue weighted by Gasteiger charge is -2.01. The predicted molar refractivity (Wildman–Crippen MR) is 60.4 cm³/mol. The normalized spacial score (nSPS) is 21.0. The molecular weight excluding hydrogens is 194 g/mol. The topological polar surface area (TPSA) is 26.0 Å². The lowest BCUT2D eigenvalue weighted by atomic mass is 10.1. The molecule has 2 rings (SSSR count). The highest BCUT2D eigenvalue weighted by Gasteiger charge is 2.11. The van der Waals surface area contributed by atoms with E-state index >= 15 is 0 Å². The minimum Gasteiger partial charge on any atom is -0.324 e. The van der Waals surface area contributed by atoms with Crippen LogP contribution in [0, 0.1) is 0 Å². The lowest BCUT2D eigenvalue weighted by Crippen LogP contribution is -2.11. The van der Waals surface area contributed by atoms with Crippen molar-refractivity contribution < 1.29 is 0 Å². The molecule has 1 unspecified atom stereocenters. The number of hydrogen-bond acceptors (Lipinski definition) is 1. The van der Waals surface area contributed by atoms with E-state index in [2.05, 4.69) is 18.2 Å². The zero-order valence-corrected chi connectivity index (χ0v) is 8.80. The van der Waals surface area contributed by atoms with Gasteiger partial charge in [-0.1, -0.05) is 35.4 Å². The first-order valence-corrected chi connectivity index (χ1v) is 5.31. The molecule has 0 fully saturated rings. The molecule has 0 bridgehead atoms. The van der Waals surface area contributed by atoms with Crippen molar-refractivity contribution in [1.82, 2.24) is 0 Å². The number of benzene rings is 1. The van der Waals surface area contributed by atoms with Gasteiger partial charge in [0.15, 0.2) is 0 Å². The largest absolute Gasteiger partial charge is 0.324 e. The van der Waals surface area contributed by atoms with E-state index in [1.165, 1.54) is 11.1 Å². The van der Waals surface area contributed by atoms with Crippen molar-refractivity contribution in [1.29, 1.82) is 0 Å². The Morgan fingerprint density at radius 2 is 2.00 bits per heavy atom. The summed E-state index contributed by atoms with van der Waals surface area (Å²) in [7, 11) is 0. The zero-order chi connectivity index (χ0) is 9.97. The summed E-state index contributed by atoms with van der Waals surface area (Å²) in [5, 5.41) is 0.797. The van der Waals surface area contributed by atoms with Crippen molar-refractivity contribution in [2.24, 2.45) is 5.73 Å². The Labute approximate surface area is 89.6 Å². The maximum Gasteiger partial charge on any atom is 0.0406 e. The summed E-state index contributed by atoms with van der Waals surface area (Å²) in [6.45, 7) is 0. The second-order valence-corrected chi connectivity index (χ2v) is 4.27. The van der Waals surface area contributed by atoms with Gasteiger partial charge in [0.1, 0.15) is 0 Å². The Morgan fingerprint density at radius 1 is 1.29 bits per heavy atom. The minimum atomic E-state index is 0.275. The molecule has 14 heavy (non-hydrogen) atoms. The maximum absolute atomic E-state index is 5.82. The molecule has 0 radical (unpaired) electrons. The number of nitrogens with two attached hydrogens (primary N) is 1. The number of rotatable bonds is 2. The molecule has 0 spiro atoms. The summed E-state index contributed by atoms with van der Waals surface area (Å²) >= 11 is 5.82. The van der Waals surface area contributed by atoms with Crippen molar-refractivity contribution in [3.05, 3.63) is 46.5 Å². The monoisotopic (exact) mass is 207 g/mol. The summed E-state index contributed by atoms with van der Waals surface area (Å²) in [4.78, 5) is 0. The van der Waals surface area contributed by atoms with E-state index in [4.69, 9.17) is 17.3 Å². The van der Waals surface area contributed by atoms with Gasteiger partial charge in [0.2, 0.25) is 0 Å². The Morgan fingerprint density at radius 3 is 2.57 bits per heavy atom. The van der Waals surface area contributed by atoms with Gasteiger partial charge < -0.3 is 5.73 Å². The van der Waals surface area contributed by atoms with Gasteiger partial charge in [0, 0.05) is 11.1 Å². The lowest BCUT2D eigenvalue weighted by molar-refractivity contribution is 0.770. The number of allylic oxidation sites excluding steroid dienone is 1. The first-order valence-electron chi connectivity index (χ1n) is 4.93. The Bertz CT molecular complexity index is 340. The van der Waals surface area contributed by atoms with Gasteiger partial charge in [0.05, 0.1) is 0 Å². The van der Waals surface area contributed by atoms with Crippen LogP contribution in [0.5, 0.6) is 0 Å². The standard InChI is InChI=1S/C12H14ClN/c13-11-4-1-9(2-5-11)7-10-3-6-12(14)8-10/h1-2,4-5,8,12H,3,6-7,14H2. The van der Waals surface area contributed by atoms with Crippen molar-refractivity contribution in [2.75, 3.05) is 0 Å². The molecule has 0 heterocycles. The molecule has 0 amide bonds. The van der Waals surface area contributed by atoms with Gasteiger partial charge in [-0.05, 0) is 37.0 Å². The first-order chi connectivity index (χ1) is 6.74. The molecule has 2 N–H and O–H groups in total. The molecule has 1 aromatic carbocycles. The van der Waals surface area contributed by atoms with E-state index in [1.54, 1.807) is 0 Å². The minimum absolute atomic E-state index is 0.275. The van der Waals surface area contributed by atoms with Crippen molar-refractivity contribution in [3.63, 3.8) is 0 Å². The molecule has 0 saturated carbocycles. The van der Waals surface area contributed by atoms with E-state index in [0.29, 0.717) is 0 Å². The molecule has 74 valence electrons. The fourth-order valence-corrected chi connectivity index (χ4v) is 1.96. The average molecular weight is 208 g/mol.